The van der Waals surface area contributed by atoms with Crippen molar-refractivity contribution in [2.24, 2.45) is 0 Å². The molecule has 0 spiro atoms. The van der Waals surface area contributed by atoms with Crippen LogP contribution in [0.3, 0.4) is 0 Å². The molecule has 0 saturated heterocycles. The van der Waals surface area contributed by atoms with Crippen molar-refractivity contribution in [1.29, 1.82) is 0 Å². The van der Waals surface area contributed by atoms with Crippen molar-refractivity contribution in [2.75, 3.05) is 19.0 Å². The Hall–Kier alpha value is -1.66. The molecule has 1 aromatic carbocycles. The van der Waals surface area contributed by atoms with E-state index in [4.69, 9.17) is 11.6 Å². The molecular formula is C11H10ClNO2. The first-order valence-corrected chi connectivity index (χ1v) is 4.66. The van der Waals surface area contributed by atoms with Crippen LogP contribution in [0.25, 0.3) is 0 Å². The first-order chi connectivity index (χ1) is 7.22. The fraction of sp³-hybridized carbons (Fsp3) is 0.182. The Morgan fingerprint density at radius 3 is 3.07 bits per heavy atom. The topological polar surface area (TPSA) is 38.3 Å². The van der Waals surface area contributed by atoms with E-state index in [1.165, 1.54) is 7.11 Å². The van der Waals surface area contributed by atoms with E-state index in [0.717, 1.165) is 5.69 Å². The summed E-state index contributed by atoms with van der Waals surface area (Å²) in [6, 6.07) is 7.26. The van der Waals surface area contributed by atoms with Gasteiger partial charge in [-0.3, -0.25) is 0 Å². The summed E-state index contributed by atoms with van der Waals surface area (Å²) < 4.78 is 4.36. The van der Waals surface area contributed by atoms with Crippen molar-refractivity contribution in [2.45, 2.75) is 0 Å². The summed E-state index contributed by atoms with van der Waals surface area (Å²) in [4.78, 5) is 10.6. The molecule has 0 radical (unpaired) electrons. The van der Waals surface area contributed by atoms with Crippen LogP contribution in [-0.2, 0) is 9.53 Å². The van der Waals surface area contributed by atoms with E-state index in [1.54, 1.807) is 12.1 Å². The lowest BCUT2D eigenvalue weighted by molar-refractivity contribution is -0.133. The van der Waals surface area contributed by atoms with Gasteiger partial charge < -0.3 is 10.1 Å². The number of ether oxygens (including phenoxy) is 1. The van der Waals surface area contributed by atoms with Gasteiger partial charge in [-0.1, -0.05) is 23.6 Å². The zero-order chi connectivity index (χ0) is 11.1. The summed E-state index contributed by atoms with van der Waals surface area (Å²) in [5.41, 5.74) is 0.863. The predicted molar refractivity (Wildman–Crippen MR) is 59.7 cm³/mol. The molecule has 0 fully saturated rings. The van der Waals surface area contributed by atoms with Crippen LogP contribution in [0.2, 0.25) is 5.02 Å². The minimum Gasteiger partial charge on any atom is -0.459 e. The lowest BCUT2D eigenvalue weighted by Crippen LogP contribution is -2.00. The minimum atomic E-state index is -0.539. The average molecular weight is 224 g/mol. The second kappa shape index (κ2) is 5.94. The fourth-order valence-electron chi connectivity index (χ4n) is 0.912. The van der Waals surface area contributed by atoms with Gasteiger partial charge in [-0.2, -0.15) is 0 Å². The second-order valence-electron chi connectivity index (χ2n) is 2.66. The maximum absolute atomic E-state index is 10.6. The molecule has 0 saturated carbocycles. The number of carbonyl (C=O) groups is 1. The SMILES string of the molecule is COC(=O)C#CCNc1cccc(Cl)c1. The van der Waals surface area contributed by atoms with Gasteiger partial charge in [0.25, 0.3) is 0 Å². The number of rotatable bonds is 2. The van der Waals surface area contributed by atoms with E-state index in [2.05, 4.69) is 21.9 Å². The van der Waals surface area contributed by atoms with Gasteiger partial charge in [-0.15, -0.1) is 0 Å². The molecule has 1 rings (SSSR count). The smallest absolute Gasteiger partial charge is 0.384 e. The number of hydrogen-bond donors (Lipinski definition) is 1. The number of carbonyl (C=O) groups excluding carboxylic acids is 1. The van der Waals surface area contributed by atoms with Crippen LogP contribution in [0, 0.1) is 11.8 Å². The molecule has 15 heavy (non-hydrogen) atoms. The lowest BCUT2D eigenvalue weighted by atomic mass is 10.3. The summed E-state index contributed by atoms with van der Waals surface area (Å²) in [7, 11) is 1.29. The van der Waals surface area contributed by atoms with Crippen LogP contribution in [0.4, 0.5) is 5.69 Å². The third-order valence-electron chi connectivity index (χ3n) is 1.58. The number of nitrogens with one attached hydrogen (secondary N) is 1. The highest BCUT2D eigenvalue weighted by Crippen LogP contribution is 2.14. The zero-order valence-corrected chi connectivity index (χ0v) is 8.97. The number of anilines is 1. The first-order valence-electron chi connectivity index (χ1n) is 4.28. The summed E-state index contributed by atoms with van der Waals surface area (Å²) in [6.45, 7) is 0.370. The Balaban J connectivity index is 2.43. The van der Waals surface area contributed by atoms with Gasteiger partial charge in [-0.05, 0) is 18.2 Å². The Kier molecular flexibility index (Phi) is 4.52. The first kappa shape index (κ1) is 11.4. The van der Waals surface area contributed by atoms with Crippen molar-refractivity contribution in [3.05, 3.63) is 29.3 Å². The van der Waals surface area contributed by atoms with Gasteiger partial charge in [0.1, 0.15) is 0 Å². The van der Waals surface area contributed by atoms with E-state index in [9.17, 15) is 4.79 Å². The Bertz CT molecular complexity index is 407. The molecule has 0 aliphatic heterocycles. The summed E-state index contributed by atoms with van der Waals surface area (Å²) >= 11 is 5.78. The van der Waals surface area contributed by atoms with Crippen molar-refractivity contribution >= 4 is 23.3 Å². The van der Waals surface area contributed by atoms with Gasteiger partial charge in [0.15, 0.2) is 0 Å². The summed E-state index contributed by atoms with van der Waals surface area (Å²) in [5.74, 6) is 4.40. The number of halogens is 1. The molecular weight excluding hydrogens is 214 g/mol. The van der Waals surface area contributed by atoms with Crippen LogP contribution in [0.5, 0.6) is 0 Å². The molecule has 0 amide bonds. The molecule has 4 heteroatoms. The molecule has 0 atom stereocenters. The molecule has 0 heterocycles. The van der Waals surface area contributed by atoms with E-state index in [1.807, 2.05) is 12.1 Å². The monoisotopic (exact) mass is 223 g/mol. The van der Waals surface area contributed by atoms with Crippen molar-refractivity contribution < 1.29 is 9.53 Å². The Morgan fingerprint density at radius 1 is 1.60 bits per heavy atom. The van der Waals surface area contributed by atoms with Gasteiger partial charge >= 0.3 is 5.97 Å². The van der Waals surface area contributed by atoms with Crippen molar-refractivity contribution in [3.8, 4) is 11.8 Å². The van der Waals surface area contributed by atoms with E-state index < -0.39 is 5.97 Å². The van der Waals surface area contributed by atoms with Gasteiger partial charge in [-0.25, -0.2) is 4.79 Å². The number of methoxy groups -OCH3 is 1. The second-order valence-corrected chi connectivity index (χ2v) is 3.09. The number of esters is 1. The zero-order valence-electron chi connectivity index (χ0n) is 8.21. The Morgan fingerprint density at radius 2 is 2.40 bits per heavy atom. The third-order valence-corrected chi connectivity index (χ3v) is 1.82. The highest BCUT2D eigenvalue weighted by atomic mass is 35.5. The standard InChI is InChI=1S/C11H10ClNO2/c1-15-11(14)6-3-7-13-10-5-2-4-9(12)8-10/h2,4-5,8,13H,7H2,1H3. The average Bonchev–Trinajstić information content (AvgIpc) is 2.24. The summed E-state index contributed by atoms with van der Waals surface area (Å²) in [5, 5.41) is 3.65. The minimum absolute atomic E-state index is 0.370. The molecule has 0 aliphatic rings. The van der Waals surface area contributed by atoms with E-state index >= 15 is 0 Å². The summed E-state index contributed by atoms with van der Waals surface area (Å²) in [6.07, 6.45) is 0. The molecule has 0 unspecified atom stereocenters. The number of benzene rings is 1. The lowest BCUT2D eigenvalue weighted by Gasteiger charge is -2.01. The van der Waals surface area contributed by atoms with Crippen molar-refractivity contribution in [1.82, 2.24) is 0 Å². The molecule has 78 valence electrons. The van der Waals surface area contributed by atoms with Crippen LogP contribution in [0.1, 0.15) is 0 Å². The van der Waals surface area contributed by atoms with Crippen LogP contribution >= 0.6 is 11.6 Å². The largest absolute Gasteiger partial charge is 0.459 e. The van der Waals surface area contributed by atoms with E-state index in [0.29, 0.717) is 11.6 Å². The van der Waals surface area contributed by atoms with Crippen molar-refractivity contribution in [3.63, 3.8) is 0 Å². The third kappa shape index (κ3) is 4.39. The maximum Gasteiger partial charge on any atom is 0.384 e. The number of hydrogen-bond acceptors (Lipinski definition) is 3. The molecule has 3 nitrogen and oxygen atoms in total. The van der Waals surface area contributed by atoms with Gasteiger partial charge in [0.05, 0.1) is 13.7 Å². The molecule has 0 aromatic heterocycles. The molecule has 0 aliphatic carbocycles. The Labute approximate surface area is 93.4 Å². The van der Waals surface area contributed by atoms with Crippen LogP contribution in [-0.4, -0.2) is 19.6 Å². The normalized spacial score (nSPS) is 8.67. The molecule has 0 bridgehead atoms. The van der Waals surface area contributed by atoms with Crippen LogP contribution < -0.4 is 5.32 Å². The van der Waals surface area contributed by atoms with E-state index in [-0.39, 0.29) is 0 Å². The highest BCUT2D eigenvalue weighted by molar-refractivity contribution is 6.30. The highest BCUT2D eigenvalue weighted by Gasteiger charge is 1.91. The fourth-order valence-corrected chi connectivity index (χ4v) is 1.10. The van der Waals surface area contributed by atoms with Gasteiger partial charge in [0, 0.05) is 16.6 Å². The van der Waals surface area contributed by atoms with Crippen LogP contribution in [0.15, 0.2) is 24.3 Å². The van der Waals surface area contributed by atoms with Gasteiger partial charge in [0.2, 0.25) is 0 Å². The molecule has 1 aromatic rings. The quantitative estimate of drug-likeness (QED) is 0.473. The molecule has 1 N–H and O–H groups in total. The maximum atomic E-state index is 10.6. The predicted octanol–water partition coefficient (Wildman–Crippen LogP) is 1.93.